The van der Waals surface area contributed by atoms with Gasteiger partial charge in [0.2, 0.25) is 5.91 Å². The molecule has 0 unspecified atom stereocenters. The van der Waals surface area contributed by atoms with Crippen LogP contribution in [0.3, 0.4) is 0 Å². The number of hydrogen-bond donors (Lipinski definition) is 0. The lowest BCUT2D eigenvalue weighted by Crippen LogP contribution is -2.44. The van der Waals surface area contributed by atoms with Crippen molar-refractivity contribution in [2.24, 2.45) is 10.9 Å². The molecule has 0 saturated carbocycles. The van der Waals surface area contributed by atoms with Crippen molar-refractivity contribution in [1.82, 2.24) is 9.80 Å². The third-order valence-corrected chi connectivity index (χ3v) is 7.74. The van der Waals surface area contributed by atoms with Crippen LogP contribution < -0.4 is 0 Å². The number of carbonyl (C=O) groups is 3. The third kappa shape index (κ3) is 5.48. The van der Waals surface area contributed by atoms with E-state index in [-0.39, 0.29) is 30.3 Å². The summed E-state index contributed by atoms with van der Waals surface area (Å²) in [6, 6.07) is 1.58. The fourth-order valence-corrected chi connectivity index (χ4v) is 6.22. The topological polar surface area (TPSA) is 88.5 Å². The Morgan fingerprint density at radius 3 is 2.77 bits per heavy atom. The lowest BCUT2D eigenvalue weighted by atomic mass is 9.95. The van der Waals surface area contributed by atoms with Gasteiger partial charge in [-0.05, 0) is 68.3 Å². The molecule has 1 aromatic rings. The van der Waals surface area contributed by atoms with Crippen molar-refractivity contribution in [3.63, 3.8) is 0 Å². The molecule has 3 aliphatic rings. The molecule has 188 valence electrons. The molecule has 0 aromatic carbocycles. The monoisotopic (exact) mass is 517 g/mol. The summed E-state index contributed by atoms with van der Waals surface area (Å²) < 4.78 is 10.7. The first-order valence-electron chi connectivity index (χ1n) is 11.9. The number of fused-ring (bicyclic) bond motifs is 1. The van der Waals surface area contributed by atoms with Crippen LogP contribution in [0, 0.1) is 5.92 Å². The van der Waals surface area contributed by atoms with Crippen LogP contribution in [-0.2, 0) is 23.9 Å². The maximum Gasteiger partial charge on any atom is 0.338 e. The van der Waals surface area contributed by atoms with Crippen LogP contribution in [0.15, 0.2) is 44.2 Å². The number of carbonyl (C=O) groups excluding carboxylic acids is 3. The van der Waals surface area contributed by atoms with Crippen molar-refractivity contribution in [2.45, 2.75) is 59.1 Å². The number of thiophene rings is 1. The van der Waals surface area contributed by atoms with E-state index in [2.05, 4.69) is 4.99 Å². The number of esters is 2. The minimum atomic E-state index is -0.414. The lowest BCUT2D eigenvalue weighted by Gasteiger charge is -2.37. The van der Waals surface area contributed by atoms with E-state index in [4.69, 9.17) is 9.47 Å². The molecule has 0 spiro atoms. The quantitative estimate of drug-likeness (QED) is 0.493. The molecule has 35 heavy (non-hydrogen) atoms. The van der Waals surface area contributed by atoms with Crippen molar-refractivity contribution in [3.05, 3.63) is 44.8 Å². The number of amides is 1. The van der Waals surface area contributed by atoms with Gasteiger partial charge >= 0.3 is 11.9 Å². The molecule has 1 amide bonds. The molecule has 1 fully saturated rings. The number of rotatable bonds is 7. The van der Waals surface area contributed by atoms with Crippen LogP contribution in [-0.4, -0.2) is 58.6 Å². The van der Waals surface area contributed by atoms with E-state index >= 15 is 0 Å². The van der Waals surface area contributed by atoms with Crippen molar-refractivity contribution < 1.29 is 23.9 Å². The largest absolute Gasteiger partial charge is 0.466 e. The second-order valence-corrected chi connectivity index (χ2v) is 10.6. The Balaban J connectivity index is 1.56. The van der Waals surface area contributed by atoms with Gasteiger partial charge in [-0.15, -0.1) is 0 Å². The third-order valence-electron chi connectivity index (χ3n) is 6.15. The molecule has 0 bridgehead atoms. The number of allylic oxidation sites excluding steroid dienone is 1. The van der Waals surface area contributed by atoms with Gasteiger partial charge in [-0.3, -0.25) is 9.59 Å². The summed E-state index contributed by atoms with van der Waals surface area (Å²) in [5.41, 5.74) is 2.86. The minimum Gasteiger partial charge on any atom is -0.466 e. The summed E-state index contributed by atoms with van der Waals surface area (Å²) >= 11 is 3.01. The van der Waals surface area contributed by atoms with Crippen molar-refractivity contribution in [3.8, 4) is 0 Å². The molecule has 1 saturated heterocycles. The first-order valence-corrected chi connectivity index (χ1v) is 13.7. The zero-order chi connectivity index (χ0) is 25.1. The summed E-state index contributed by atoms with van der Waals surface area (Å²) in [6.45, 7) is 8.59. The predicted molar refractivity (Wildman–Crippen MR) is 136 cm³/mol. The van der Waals surface area contributed by atoms with E-state index in [1.165, 1.54) is 11.8 Å². The van der Waals surface area contributed by atoms with Gasteiger partial charge in [0.15, 0.2) is 5.17 Å². The predicted octanol–water partition coefficient (Wildman–Crippen LogP) is 4.47. The number of aliphatic imine (C=N–C) groups is 1. The van der Waals surface area contributed by atoms with Crippen molar-refractivity contribution in [2.75, 3.05) is 19.7 Å². The van der Waals surface area contributed by atoms with Gasteiger partial charge < -0.3 is 19.3 Å². The maximum absolute atomic E-state index is 13.3. The number of hydrogen-bond acceptors (Lipinski definition) is 9. The van der Waals surface area contributed by atoms with Gasteiger partial charge in [0.25, 0.3) is 0 Å². The molecule has 3 aliphatic heterocycles. The minimum absolute atomic E-state index is 0.0475. The van der Waals surface area contributed by atoms with Gasteiger partial charge in [0, 0.05) is 18.8 Å². The van der Waals surface area contributed by atoms with Gasteiger partial charge in [0.05, 0.1) is 42.4 Å². The van der Waals surface area contributed by atoms with E-state index in [0.29, 0.717) is 31.0 Å². The standard InChI is InChI=1S/C25H31N3O5S2/c1-5-32-23(30)17-7-6-9-27(12-17)20(29)11-19-14-35-25-26-16(4)21(24(31)33-15(2)3)22(28(19)25)18-8-10-34-13-18/h8,10,13-15,17,22H,5-7,9,11-12H2,1-4H3/t17-,22+/m1/s1. The van der Waals surface area contributed by atoms with Crippen LogP contribution in [0.4, 0.5) is 0 Å². The highest BCUT2D eigenvalue weighted by atomic mass is 32.2. The average Bonchev–Trinajstić information content (AvgIpc) is 3.48. The fraction of sp³-hybridized carbons (Fsp3) is 0.520. The van der Waals surface area contributed by atoms with Gasteiger partial charge in [-0.2, -0.15) is 11.3 Å². The highest BCUT2D eigenvalue weighted by molar-refractivity contribution is 8.16. The molecule has 0 N–H and O–H groups in total. The molecule has 0 radical (unpaired) electrons. The van der Waals surface area contributed by atoms with Crippen LogP contribution in [0.1, 0.15) is 58.6 Å². The molecule has 1 aromatic heterocycles. The summed E-state index contributed by atoms with van der Waals surface area (Å²) in [5, 5.41) is 6.67. The Morgan fingerprint density at radius 1 is 1.29 bits per heavy atom. The maximum atomic E-state index is 13.3. The highest BCUT2D eigenvalue weighted by Gasteiger charge is 2.42. The molecule has 2 atom stereocenters. The Bertz CT molecular complexity index is 1080. The summed E-state index contributed by atoms with van der Waals surface area (Å²) in [4.78, 5) is 47.1. The summed E-state index contributed by atoms with van der Waals surface area (Å²) in [7, 11) is 0. The number of ether oxygens (including phenoxy) is 2. The average molecular weight is 518 g/mol. The van der Waals surface area contributed by atoms with E-state index in [1.54, 1.807) is 23.2 Å². The number of thioether (sulfide) groups is 1. The van der Waals surface area contributed by atoms with Gasteiger partial charge in [-0.1, -0.05) is 11.8 Å². The Hall–Kier alpha value is -2.59. The zero-order valence-corrected chi connectivity index (χ0v) is 22.1. The second kappa shape index (κ2) is 11.0. The lowest BCUT2D eigenvalue weighted by molar-refractivity contribution is -0.151. The molecule has 0 aliphatic carbocycles. The Kier molecular flexibility index (Phi) is 8.01. The first kappa shape index (κ1) is 25.5. The molecular formula is C25H31N3O5S2. The SMILES string of the molecule is CCOC(=O)[C@@H]1CCCN(C(=O)CC2=CSC3=NC(C)=C(C(=O)OC(C)C)[C@H](c4ccsc4)N23)C1. The number of likely N-dealkylation sites (tertiary alicyclic amines) is 1. The van der Waals surface area contributed by atoms with E-state index in [9.17, 15) is 14.4 Å². The molecule has 10 heteroatoms. The van der Waals surface area contributed by atoms with E-state index in [1.807, 2.05) is 47.9 Å². The van der Waals surface area contributed by atoms with Gasteiger partial charge in [-0.25, -0.2) is 9.79 Å². The molecular weight excluding hydrogens is 486 g/mol. The fourth-order valence-electron chi connectivity index (χ4n) is 4.58. The molecule has 8 nitrogen and oxygen atoms in total. The van der Waals surface area contributed by atoms with Crippen molar-refractivity contribution in [1.29, 1.82) is 0 Å². The number of nitrogens with zero attached hydrogens (tertiary/aromatic N) is 3. The Morgan fingerprint density at radius 2 is 2.09 bits per heavy atom. The Labute approximate surface area is 214 Å². The van der Waals surface area contributed by atoms with E-state index in [0.717, 1.165) is 29.3 Å². The van der Waals surface area contributed by atoms with Crippen LogP contribution in [0.2, 0.25) is 0 Å². The second-order valence-electron chi connectivity index (χ2n) is 9.01. The van der Waals surface area contributed by atoms with Gasteiger partial charge in [0.1, 0.15) is 0 Å². The molecule has 4 heterocycles. The molecule has 4 rings (SSSR count). The van der Waals surface area contributed by atoms with Crippen molar-refractivity contribution >= 4 is 46.1 Å². The van der Waals surface area contributed by atoms with Crippen LogP contribution >= 0.6 is 23.1 Å². The number of piperidine rings is 1. The summed E-state index contributed by atoms with van der Waals surface area (Å²) in [5.74, 6) is -0.966. The first-order chi connectivity index (χ1) is 16.8. The number of amidine groups is 1. The highest BCUT2D eigenvalue weighted by Crippen LogP contribution is 2.45. The van der Waals surface area contributed by atoms with Crippen LogP contribution in [0.5, 0.6) is 0 Å². The van der Waals surface area contributed by atoms with E-state index < -0.39 is 12.0 Å². The van der Waals surface area contributed by atoms with Crippen LogP contribution in [0.25, 0.3) is 0 Å². The normalized spacial score (nSPS) is 22.1. The summed E-state index contributed by atoms with van der Waals surface area (Å²) in [6.07, 6.45) is 1.40. The zero-order valence-electron chi connectivity index (χ0n) is 20.5. The smallest absolute Gasteiger partial charge is 0.338 e.